The smallest absolute Gasteiger partial charge is 0.256 e. The van der Waals surface area contributed by atoms with E-state index in [0.29, 0.717) is 34.4 Å². The highest BCUT2D eigenvalue weighted by Gasteiger charge is 2.24. The number of piperidine rings is 1. The van der Waals surface area contributed by atoms with Crippen molar-refractivity contribution >= 4 is 53.3 Å². The van der Waals surface area contributed by atoms with Crippen LogP contribution >= 0.6 is 23.2 Å². The normalized spacial score (nSPS) is 13.9. The molecule has 0 radical (unpaired) electrons. The van der Waals surface area contributed by atoms with E-state index in [0.717, 1.165) is 24.0 Å². The fourth-order valence-electron chi connectivity index (χ4n) is 4.11. The molecule has 1 aliphatic heterocycles. The van der Waals surface area contributed by atoms with E-state index in [4.69, 9.17) is 23.2 Å². The van der Waals surface area contributed by atoms with Gasteiger partial charge >= 0.3 is 0 Å². The molecule has 1 saturated heterocycles. The molecule has 0 bridgehead atoms. The first-order valence-electron chi connectivity index (χ1n) is 11.0. The highest BCUT2D eigenvalue weighted by atomic mass is 35.5. The predicted molar refractivity (Wildman–Crippen MR) is 135 cm³/mol. The third kappa shape index (κ3) is 6.58. The maximum atomic E-state index is 13.2. The molecule has 2 aromatic carbocycles. The van der Waals surface area contributed by atoms with Crippen molar-refractivity contribution in [1.29, 1.82) is 0 Å². The number of nitrogens with zero attached hydrogens (tertiary/aromatic N) is 3. The summed E-state index contributed by atoms with van der Waals surface area (Å²) in [5.74, 6) is -0.294. The Kier molecular flexibility index (Phi) is 8.69. The average Bonchev–Trinajstić information content (AvgIpc) is 2.81. The molecule has 0 unspecified atom stereocenters. The van der Waals surface area contributed by atoms with Gasteiger partial charge in [0.1, 0.15) is 0 Å². The molecule has 0 aromatic heterocycles. The first-order valence-corrected chi connectivity index (χ1v) is 11.8. The Morgan fingerprint density at radius 3 is 2.35 bits per heavy atom. The molecule has 0 saturated carbocycles. The van der Waals surface area contributed by atoms with Crippen molar-refractivity contribution in [3.63, 3.8) is 0 Å². The highest BCUT2D eigenvalue weighted by molar-refractivity contribution is 6.34. The second kappa shape index (κ2) is 11.5. The van der Waals surface area contributed by atoms with Crippen LogP contribution in [-0.2, 0) is 16.1 Å². The lowest BCUT2D eigenvalue weighted by Crippen LogP contribution is -2.38. The highest BCUT2D eigenvalue weighted by Crippen LogP contribution is 2.32. The zero-order chi connectivity index (χ0) is 24.8. The molecule has 34 heavy (non-hydrogen) atoms. The SMILES string of the molecule is C=Nc1ccc(C2CCN(C(C)=O)CC2)cc1C(=O)N(C)CC(=O)NCc1cc(Cl)cc(Cl)c1. The van der Waals surface area contributed by atoms with Gasteiger partial charge in [0.05, 0.1) is 17.8 Å². The number of likely N-dealkylation sites (N-methyl/N-ethyl adjacent to an activating group) is 1. The summed E-state index contributed by atoms with van der Waals surface area (Å²) >= 11 is 12.0. The number of rotatable bonds is 7. The van der Waals surface area contributed by atoms with E-state index in [9.17, 15) is 14.4 Å². The first-order chi connectivity index (χ1) is 16.2. The molecule has 1 aliphatic rings. The van der Waals surface area contributed by atoms with Crippen molar-refractivity contribution < 1.29 is 14.4 Å². The van der Waals surface area contributed by atoms with Crippen LogP contribution < -0.4 is 5.32 Å². The minimum Gasteiger partial charge on any atom is -0.350 e. The van der Waals surface area contributed by atoms with Gasteiger partial charge in [-0.3, -0.25) is 19.4 Å². The molecule has 180 valence electrons. The quantitative estimate of drug-likeness (QED) is 0.568. The second-order valence-electron chi connectivity index (χ2n) is 8.43. The monoisotopic (exact) mass is 502 g/mol. The van der Waals surface area contributed by atoms with Crippen molar-refractivity contribution in [1.82, 2.24) is 15.1 Å². The third-order valence-corrected chi connectivity index (χ3v) is 6.41. The maximum absolute atomic E-state index is 13.2. The molecule has 1 N–H and O–H groups in total. The molecule has 1 fully saturated rings. The number of carbonyl (C=O) groups is 3. The molecular formula is C25H28Cl2N4O3. The molecule has 3 amide bonds. The zero-order valence-corrected chi connectivity index (χ0v) is 20.8. The number of hydrogen-bond acceptors (Lipinski definition) is 4. The second-order valence-corrected chi connectivity index (χ2v) is 9.30. The largest absolute Gasteiger partial charge is 0.350 e. The number of amides is 3. The lowest BCUT2D eigenvalue weighted by atomic mass is 9.88. The van der Waals surface area contributed by atoms with E-state index in [1.54, 1.807) is 38.2 Å². The van der Waals surface area contributed by atoms with Gasteiger partial charge in [-0.1, -0.05) is 29.3 Å². The van der Waals surface area contributed by atoms with Crippen LogP contribution in [0.4, 0.5) is 5.69 Å². The van der Waals surface area contributed by atoms with Crippen LogP contribution in [0, 0.1) is 0 Å². The van der Waals surface area contributed by atoms with Crippen molar-refractivity contribution in [3.05, 3.63) is 63.1 Å². The Labute approximate surface area is 209 Å². The number of benzene rings is 2. The number of likely N-dealkylation sites (tertiary alicyclic amines) is 1. The van der Waals surface area contributed by atoms with E-state index in [-0.39, 0.29) is 36.7 Å². The van der Waals surface area contributed by atoms with E-state index in [1.807, 2.05) is 17.0 Å². The van der Waals surface area contributed by atoms with Crippen LogP contribution in [-0.4, -0.2) is 60.9 Å². The van der Waals surface area contributed by atoms with E-state index in [1.165, 1.54) is 4.90 Å². The van der Waals surface area contributed by atoms with Gasteiger partial charge in [-0.25, -0.2) is 0 Å². The summed E-state index contributed by atoms with van der Waals surface area (Å²) in [7, 11) is 1.57. The molecular weight excluding hydrogens is 475 g/mol. The minimum atomic E-state index is -0.314. The van der Waals surface area contributed by atoms with Gasteiger partial charge < -0.3 is 15.1 Å². The Bertz CT molecular complexity index is 1080. The van der Waals surface area contributed by atoms with E-state index < -0.39 is 0 Å². The fourth-order valence-corrected chi connectivity index (χ4v) is 4.68. The van der Waals surface area contributed by atoms with Crippen LogP contribution in [0.15, 0.2) is 41.4 Å². The molecule has 0 aliphatic carbocycles. The van der Waals surface area contributed by atoms with Crippen LogP contribution in [0.25, 0.3) is 0 Å². The van der Waals surface area contributed by atoms with Gasteiger partial charge in [0.2, 0.25) is 11.8 Å². The van der Waals surface area contributed by atoms with Gasteiger partial charge in [-0.2, -0.15) is 0 Å². The summed E-state index contributed by atoms with van der Waals surface area (Å²) in [5, 5.41) is 3.75. The van der Waals surface area contributed by atoms with Gasteiger partial charge in [0, 0.05) is 43.7 Å². The van der Waals surface area contributed by atoms with Crippen molar-refractivity contribution in [2.24, 2.45) is 4.99 Å². The number of aliphatic imine (C=N–C) groups is 1. The van der Waals surface area contributed by atoms with E-state index >= 15 is 0 Å². The number of hydrogen-bond donors (Lipinski definition) is 1. The van der Waals surface area contributed by atoms with Crippen LogP contribution in [0.5, 0.6) is 0 Å². The van der Waals surface area contributed by atoms with Crippen molar-refractivity contribution in [2.75, 3.05) is 26.7 Å². The lowest BCUT2D eigenvalue weighted by Gasteiger charge is -2.31. The van der Waals surface area contributed by atoms with Gasteiger partial charge in [0.25, 0.3) is 5.91 Å². The summed E-state index contributed by atoms with van der Waals surface area (Å²) < 4.78 is 0. The molecule has 7 nitrogen and oxygen atoms in total. The van der Waals surface area contributed by atoms with Gasteiger partial charge in [-0.15, -0.1) is 0 Å². The maximum Gasteiger partial charge on any atom is 0.256 e. The van der Waals surface area contributed by atoms with Crippen molar-refractivity contribution in [2.45, 2.75) is 32.2 Å². The van der Waals surface area contributed by atoms with Gasteiger partial charge in [-0.05, 0) is 66.9 Å². The molecule has 0 spiro atoms. The average molecular weight is 503 g/mol. The summed E-state index contributed by atoms with van der Waals surface area (Å²) in [6.45, 7) is 6.68. The van der Waals surface area contributed by atoms with Gasteiger partial charge in [0.15, 0.2) is 0 Å². The molecule has 1 heterocycles. The Morgan fingerprint density at radius 1 is 1.12 bits per heavy atom. The third-order valence-electron chi connectivity index (χ3n) is 5.97. The Balaban J connectivity index is 1.65. The van der Waals surface area contributed by atoms with Crippen LogP contribution in [0.3, 0.4) is 0 Å². The molecule has 9 heteroatoms. The first kappa shape index (κ1) is 25.7. The summed E-state index contributed by atoms with van der Waals surface area (Å²) in [6.07, 6.45) is 1.67. The molecule has 0 atom stereocenters. The van der Waals surface area contributed by atoms with Crippen molar-refractivity contribution in [3.8, 4) is 0 Å². The minimum absolute atomic E-state index is 0.0823. The topological polar surface area (TPSA) is 82.1 Å². The zero-order valence-electron chi connectivity index (χ0n) is 19.3. The number of carbonyl (C=O) groups excluding carboxylic acids is 3. The Hall–Kier alpha value is -2.90. The summed E-state index contributed by atoms with van der Waals surface area (Å²) in [5.41, 5.74) is 2.66. The predicted octanol–water partition coefficient (Wildman–Crippen LogP) is 4.44. The van der Waals surface area contributed by atoms with Crippen LogP contribution in [0.1, 0.15) is 47.2 Å². The molecule has 3 rings (SSSR count). The number of nitrogens with one attached hydrogen (secondary N) is 1. The lowest BCUT2D eigenvalue weighted by molar-refractivity contribution is -0.129. The molecule has 2 aromatic rings. The van der Waals surface area contributed by atoms with Crippen LogP contribution in [0.2, 0.25) is 10.0 Å². The summed E-state index contributed by atoms with van der Waals surface area (Å²) in [4.78, 5) is 44.4. The summed E-state index contributed by atoms with van der Waals surface area (Å²) in [6, 6.07) is 10.6. The Morgan fingerprint density at radius 2 is 1.76 bits per heavy atom. The fraction of sp³-hybridized carbons (Fsp3) is 0.360. The number of halogens is 2. The van der Waals surface area contributed by atoms with E-state index in [2.05, 4.69) is 17.0 Å². The standard InChI is InChI=1S/C25H28Cl2N4O3/c1-16(32)31-8-6-18(7-9-31)19-4-5-23(28-2)22(12-19)25(34)30(3)15-24(33)29-14-17-10-20(26)13-21(27)11-17/h4-5,10-13,18H,2,6-9,14-15H2,1,3H3,(H,29,33).